The van der Waals surface area contributed by atoms with E-state index in [2.05, 4.69) is 30.6 Å². The Balaban J connectivity index is 1.89. The second-order valence-corrected chi connectivity index (χ2v) is 7.10. The largest absolute Gasteiger partial charge is 0.371 e. The maximum atomic E-state index is 12.2. The summed E-state index contributed by atoms with van der Waals surface area (Å²) in [4.78, 5) is 41.9. The highest BCUT2D eigenvalue weighted by Crippen LogP contribution is 2.32. The Labute approximate surface area is 177 Å². The van der Waals surface area contributed by atoms with Gasteiger partial charge in [-0.05, 0) is 13.0 Å². The number of aryl methyl sites for hydroxylation is 3. The Morgan fingerprint density at radius 3 is 2.58 bits per heavy atom. The number of amides is 1. The van der Waals surface area contributed by atoms with Crippen molar-refractivity contribution < 1.29 is 4.79 Å². The first-order valence-electron chi connectivity index (χ1n) is 9.39. The fourth-order valence-electron chi connectivity index (χ4n) is 3.36. The minimum absolute atomic E-state index is 0.0477. The average Bonchev–Trinajstić information content (AvgIpc) is 3.12. The molecule has 31 heavy (non-hydrogen) atoms. The molecule has 4 aromatic rings. The normalized spacial score (nSPS) is 11.0. The first-order chi connectivity index (χ1) is 14.8. The van der Waals surface area contributed by atoms with Crippen molar-refractivity contribution in [3.05, 3.63) is 52.6 Å². The summed E-state index contributed by atoms with van der Waals surface area (Å²) in [6.07, 6.45) is 6.60. The number of nitrogens with zero attached hydrogens (tertiary/aromatic N) is 6. The summed E-state index contributed by atoms with van der Waals surface area (Å²) in [7, 11) is 5.20. The molecule has 0 unspecified atom stereocenters. The van der Waals surface area contributed by atoms with Gasteiger partial charge in [-0.2, -0.15) is 0 Å². The van der Waals surface area contributed by atoms with Gasteiger partial charge in [-0.25, -0.2) is 15.0 Å². The molecule has 4 rings (SSSR count). The number of fused-ring (bicyclic) bond motifs is 1. The van der Waals surface area contributed by atoms with Gasteiger partial charge in [0.15, 0.2) is 17.3 Å². The highest BCUT2D eigenvalue weighted by molar-refractivity contribution is 5.99. The van der Waals surface area contributed by atoms with E-state index in [0.717, 1.165) is 5.52 Å². The van der Waals surface area contributed by atoms with Gasteiger partial charge in [0.2, 0.25) is 0 Å². The highest BCUT2D eigenvalue weighted by Gasteiger charge is 2.21. The fourth-order valence-corrected chi connectivity index (χ4v) is 3.36. The molecule has 4 aromatic heterocycles. The summed E-state index contributed by atoms with van der Waals surface area (Å²) in [6.45, 7) is 1.71. The number of hydrogen-bond acceptors (Lipinski definition) is 8. The lowest BCUT2D eigenvalue weighted by atomic mass is 10.1. The number of carbonyl (C=O) groups is 1. The van der Waals surface area contributed by atoms with E-state index in [4.69, 9.17) is 5.73 Å². The number of hydrogen-bond donors (Lipinski definition) is 3. The van der Waals surface area contributed by atoms with Gasteiger partial charge < -0.3 is 25.5 Å². The standard InChI is InChI=1S/C20H21N9O2/c1-10-5-11(8-28(3)20(10)31)25-19-16(17(21)30)26-15(18(22-2)27-19)12-6-23-7-13-14(12)24-9-29(13)4/h5-9H,1-4H3,(H2,21,30)(H2,22,25,27). The number of aromatic nitrogens is 6. The number of primary amides is 1. The lowest BCUT2D eigenvalue weighted by molar-refractivity contribution is 0.0996. The first-order valence-corrected chi connectivity index (χ1v) is 9.39. The quantitative estimate of drug-likeness (QED) is 0.439. The molecule has 0 aliphatic heterocycles. The monoisotopic (exact) mass is 419 g/mol. The van der Waals surface area contributed by atoms with Gasteiger partial charge in [-0.1, -0.05) is 0 Å². The second kappa shape index (κ2) is 7.52. The number of pyridine rings is 2. The summed E-state index contributed by atoms with van der Waals surface area (Å²) in [5.41, 5.74) is 9.06. The molecule has 0 radical (unpaired) electrons. The van der Waals surface area contributed by atoms with Crippen LogP contribution in [0.3, 0.4) is 0 Å². The molecule has 0 aliphatic carbocycles. The van der Waals surface area contributed by atoms with Crippen LogP contribution in [0, 0.1) is 6.92 Å². The van der Waals surface area contributed by atoms with Gasteiger partial charge in [0.25, 0.3) is 11.5 Å². The van der Waals surface area contributed by atoms with Gasteiger partial charge in [0.1, 0.15) is 11.2 Å². The molecule has 0 saturated carbocycles. The number of rotatable bonds is 5. The summed E-state index contributed by atoms with van der Waals surface area (Å²) in [6, 6.07) is 1.67. The molecule has 1 amide bonds. The molecule has 0 saturated heterocycles. The predicted octanol–water partition coefficient (Wildman–Crippen LogP) is 1.32. The second-order valence-electron chi connectivity index (χ2n) is 7.10. The molecule has 158 valence electrons. The Morgan fingerprint density at radius 1 is 1.13 bits per heavy atom. The zero-order chi connectivity index (χ0) is 22.3. The molecule has 0 fully saturated rings. The lowest BCUT2D eigenvalue weighted by Gasteiger charge is -2.15. The van der Waals surface area contributed by atoms with Crippen LogP contribution in [0.15, 0.2) is 35.8 Å². The van der Waals surface area contributed by atoms with E-state index in [1.807, 2.05) is 11.6 Å². The van der Waals surface area contributed by atoms with E-state index in [1.165, 1.54) is 4.57 Å². The zero-order valence-electron chi connectivity index (χ0n) is 17.5. The van der Waals surface area contributed by atoms with E-state index in [0.29, 0.717) is 33.8 Å². The molecule has 4 heterocycles. The molecule has 0 spiro atoms. The van der Waals surface area contributed by atoms with Crippen LogP contribution in [0.4, 0.5) is 17.3 Å². The van der Waals surface area contributed by atoms with Crippen LogP contribution < -0.4 is 21.9 Å². The molecule has 11 heteroatoms. The third kappa shape index (κ3) is 3.45. The summed E-state index contributed by atoms with van der Waals surface area (Å²) < 4.78 is 3.28. The first kappa shape index (κ1) is 20.0. The Morgan fingerprint density at radius 2 is 1.90 bits per heavy atom. The summed E-state index contributed by atoms with van der Waals surface area (Å²) >= 11 is 0. The van der Waals surface area contributed by atoms with Crippen molar-refractivity contribution in [2.75, 3.05) is 17.7 Å². The molecule has 0 aromatic carbocycles. The highest BCUT2D eigenvalue weighted by atomic mass is 16.1. The third-order valence-electron chi connectivity index (χ3n) is 4.88. The minimum Gasteiger partial charge on any atom is -0.371 e. The van der Waals surface area contributed by atoms with E-state index in [-0.39, 0.29) is 17.1 Å². The molecule has 0 aliphatic rings. The van der Waals surface area contributed by atoms with Gasteiger partial charge in [-0.3, -0.25) is 14.6 Å². The number of anilines is 3. The number of nitrogens with one attached hydrogen (secondary N) is 2. The van der Waals surface area contributed by atoms with Crippen LogP contribution in [0.1, 0.15) is 16.1 Å². The van der Waals surface area contributed by atoms with Gasteiger partial charge in [-0.15, -0.1) is 0 Å². The van der Waals surface area contributed by atoms with Crippen molar-refractivity contribution in [1.29, 1.82) is 0 Å². The Hall–Kier alpha value is -4.28. The van der Waals surface area contributed by atoms with Gasteiger partial charge in [0.05, 0.1) is 29.3 Å². The maximum absolute atomic E-state index is 12.2. The van der Waals surface area contributed by atoms with Crippen molar-refractivity contribution in [1.82, 2.24) is 29.1 Å². The van der Waals surface area contributed by atoms with Crippen molar-refractivity contribution in [3.63, 3.8) is 0 Å². The maximum Gasteiger partial charge on any atom is 0.271 e. The molecular weight excluding hydrogens is 398 g/mol. The van der Waals surface area contributed by atoms with E-state index in [1.54, 1.807) is 52.0 Å². The molecule has 0 atom stereocenters. The molecule has 4 N–H and O–H groups in total. The smallest absolute Gasteiger partial charge is 0.271 e. The van der Waals surface area contributed by atoms with Crippen LogP contribution >= 0.6 is 0 Å². The van der Waals surface area contributed by atoms with Crippen molar-refractivity contribution in [2.24, 2.45) is 19.8 Å². The number of imidazole rings is 1. The fraction of sp³-hybridized carbons (Fsp3) is 0.200. The van der Waals surface area contributed by atoms with E-state index in [9.17, 15) is 9.59 Å². The average molecular weight is 419 g/mol. The Bertz CT molecular complexity index is 1360. The summed E-state index contributed by atoms with van der Waals surface area (Å²) in [5, 5.41) is 6.05. The predicted molar refractivity (Wildman–Crippen MR) is 117 cm³/mol. The number of nitrogens with two attached hydrogens (primary N) is 1. The van der Waals surface area contributed by atoms with Crippen molar-refractivity contribution in [3.8, 4) is 11.3 Å². The lowest BCUT2D eigenvalue weighted by Crippen LogP contribution is -2.20. The van der Waals surface area contributed by atoms with Gasteiger partial charge >= 0.3 is 0 Å². The topological polar surface area (TPSA) is 146 Å². The van der Waals surface area contributed by atoms with Crippen LogP contribution in [0.2, 0.25) is 0 Å². The van der Waals surface area contributed by atoms with Crippen LogP contribution in [0.25, 0.3) is 22.3 Å². The molecule has 0 bridgehead atoms. The molecular formula is C20H21N9O2. The van der Waals surface area contributed by atoms with E-state index < -0.39 is 5.91 Å². The van der Waals surface area contributed by atoms with Crippen LogP contribution in [-0.4, -0.2) is 42.0 Å². The van der Waals surface area contributed by atoms with Crippen LogP contribution in [-0.2, 0) is 14.1 Å². The summed E-state index contributed by atoms with van der Waals surface area (Å²) in [5.74, 6) is -0.171. The van der Waals surface area contributed by atoms with Crippen molar-refractivity contribution >= 4 is 34.3 Å². The molecule has 11 nitrogen and oxygen atoms in total. The van der Waals surface area contributed by atoms with Gasteiger partial charge in [0, 0.05) is 39.1 Å². The minimum atomic E-state index is -0.749. The number of carbonyl (C=O) groups excluding carboxylic acids is 1. The van der Waals surface area contributed by atoms with Crippen LogP contribution in [0.5, 0.6) is 0 Å². The Kier molecular flexibility index (Phi) is 4.85. The third-order valence-corrected chi connectivity index (χ3v) is 4.88. The van der Waals surface area contributed by atoms with Crippen molar-refractivity contribution in [2.45, 2.75) is 6.92 Å². The SMILES string of the molecule is CNc1nc(Nc2cc(C)c(=O)n(C)c2)c(C(N)=O)nc1-c1cncc2c1ncn2C. The van der Waals surface area contributed by atoms with E-state index >= 15 is 0 Å². The zero-order valence-corrected chi connectivity index (χ0v) is 17.5.